The molecule has 0 bridgehead atoms. The van der Waals surface area contributed by atoms with Crippen molar-refractivity contribution in [2.45, 2.75) is 18.9 Å². The predicted molar refractivity (Wildman–Crippen MR) is 77.6 cm³/mol. The van der Waals surface area contributed by atoms with E-state index in [1.165, 1.54) is 4.88 Å². The second-order valence-electron chi connectivity index (χ2n) is 4.14. The van der Waals surface area contributed by atoms with Crippen molar-refractivity contribution in [3.8, 4) is 5.75 Å². The van der Waals surface area contributed by atoms with E-state index in [9.17, 15) is 0 Å². The fraction of sp³-hybridized carbons (Fsp3) is 0.286. The molecule has 2 N–H and O–H groups in total. The first-order valence-electron chi connectivity index (χ1n) is 5.90. The van der Waals surface area contributed by atoms with Crippen LogP contribution in [0.4, 0.5) is 0 Å². The number of thiophene rings is 1. The Balaban J connectivity index is 1.71. The highest BCUT2D eigenvalue weighted by Crippen LogP contribution is 2.16. The van der Waals surface area contributed by atoms with Crippen molar-refractivity contribution >= 4 is 22.9 Å². The molecule has 0 aliphatic rings. The highest BCUT2D eigenvalue weighted by atomic mass is 35.5. The van der Waals surface area contributed by atoms with Crippen LogP contribution < -0.4 is 10.5 Å². The number of nitrogens with two attached hydrogens (primary N) is 1. The van der Waals surface area contributed by atoms with Crippen molar-refractivity contribution in [3.63, 3.8) is 0 Å². The lowest BCUT2D eigenvalue weighted by atomic mass is 10.1. The van der Waals surface area contributed by atoms with Gasteiger partial charge in [-0.2, -0.15) is 0 Å². The quantitative estimate of drug-likeness (QED) is 0.875. The van der Waals surface area contributed by atoms with Gasteiger partial charge in [-0.3, -0.25) is 0 Å². The zero-order valence-corrected chi connectivity index (χ0v) is 11.6. The molecule has 0 radical (unpaired) electrons. The van der Waals surface area contributed by atoms with Gasteiger partial charge >= 0.3 is 0 Å². The molecular formula is C14H16ClNOS. The average molecular weight is 282 g/mol. The number of rotatable bonds is 6. The summed E-state index contributed by atoms with van der Waals surface area (Å²) in [5.74, 6) is 0.811. The van der Waals surface area contributed by atoms with E-state index in [-0.39, 0.29) is 6.04 Å². The molecule has 1 aromatic heterocycles. The van der Waals surface area contributed by atoms with Gasteiger partial charge in [0.05, 0.1) is 0 Å². The van der Waals surface area contributed by atoms with Gasteiger partial charge in [-0.1, -0.05) is 17.7 Å². The van der Waals surface area contributed by atoms with Crippen molar-refractivity contribution < 1.29 is 4.74 Å². The molecule has 0 saturated heterocycles. The van der Waals surface area contributed by atoms with Gasteiger partial charge in [0.25, 0.3) is 0 Å². The highest BCUT2D eigenvalue weighted by Gasteiger charge is 2.05. The number of aryl methyl sites for hydroxylation is 1. The van der Waals surface area contributed by atoms with Gasteiger partial charge in [-0.15, -0.1) is 11.3 Å². The largest absolute Gasteiger partial charge is 0.492 e. The maximum atomic E-state index is 6.02. The topological polar surface area (TPSA) is 35.2 Å². The number of halogens is 1. The first-order valence-corrected chi connectivity index (χ1v) is 7.16. The summed E-state index contributed by atoms with van der Waals surface area (Å²) in [4.78, 5) is 1.37. The number of benzene rings is 1. The minimum absolute atomic E-state index is 0.0581. The van der Waals surface area contributed by atoms with Crippen LogP contribution in [0, 0.1) is 0 Å². The van der Waals surface area contributed by atoms with Gasteiger partial charge in [0.1, 0.15) is 12.4 Å². The standard InChI is InChI=1S/C14H16ClNOS/c15-11-3-6-13(7-4-11)17-10-12(16)5-8-14-2-1-9-18-14/h1-4,6-7,9,12H,5,8,10,16H2. The molecule has 0 spiro atoms. The van der Waals surface area contributed by atoms with E-state index >= 15 is 0 Å². The molecule has 96 valence electrons. The molecule has 0 aliphatic heterocycles. The Hall–Kier alpha value is -1.03. The second-order valence-corrected chi connectivity index (χ2v) is 5.61. The number of hydrogen-bond donors (Lipinski definition) is 1. The third kappa shape index (κ3) is 4.33. The molecule has 1 heterocycles. The lowest BCUT2D eigenvalue weighted by molar-refractivity contribution is 0.282. The van der Waals surface area contributed by atoms with Gasteiger partial charge < -0.3 is 10.5 Å². The van der Waals surface area contributed by atoms with E-state index < -0.39 is 0 Å². The van der Waals surface area contributed by atoms with Crippen LogP contribution in [0.2, 0.25) is 5.02 Å². The summed E-state index contributed by atoms with van der Waals surface area (Å²) in [6.45, 7) is 0.535. The molecule has 0 fully saturated rings. The predicted octanol–water partition coefficient (Wildman–Crippen LogP) is 3.74. The zero-order chi connectivity index (χ0) is 12.8. The maximum absolute atomic E-state index is 6.02. The van der Waals surface area contributed by atoms with Gasteiger partial charge in [-0.25, -0.2) is 0 Å². The summed E-state index contributed by atoms with van der Waals surface area (Å²) in [5, 5.41) is 2.80. The molecule has 0 amide bonds. The summed E-state index contributed by atoms with van der Waals surface area (Å²) < 4.78 is 5.61. The van der Waals surface area contributed by atoms with E-state index in [2.05, 4.69) is 17.5 Å². The summed E-state index contributed by atoms with van der Waals surface area (Å²) in [6, 6.07) is 11.6. The fourth-order valence-corrected chi connectivity index (χ4v) is 2.45. The Bertz CT molecular complexity index is 455. The molecule has 0 aliphatic carbocycles. The first kappa shape index (κ1) is 13.4. The van der Waals surface area contributed by atoms with Gasteiger partial charge in [-0.05, 0) is 48.6 Å². The van der Waals surface area contributed by atoms with Crippen LogP contribution in [0.25, 0.3) is 0 Å². The van der Waals surface area contributed by atoms with Crippen molar-refractivity contribution in [1.29, 1.82) is 0 Å². The molecule has 4 heteroatoms. The minimum Gasteiger partial charge on any atom is -0.492 e. The van der Waals surface area contributed by atoms with Crippen LogP contribution in [0.1, 0.15) is 11.3 Å². The van der Waals surface area contributed by atoms with Crippen molar-refractivity contribution in [3.05, 3.63) is 51.7 Å². The summed E-state index contributed by atoms with van der Waals surface area (Å²) in [6.07, 6.45) is 1.96. The third-order valence-electron chi connectivity index (χ3n) is 2.62. The molecule has 2 rings (SSSR count). The Kier molecular flexibility index (Phi) is 5.05. The van der Waals surface area contributed by atoms with Gasteiger partial charge in [0.15, 0.2) is 0 Å². The van der Waals surface area contributed by atoms with E-state index in [0.29, 0.717) is 11.6 Å². The second kappa shape index (κ2) is 6.78. The van der Waals surface area contributed by atoms with Crippen LogP contribution >= 0.6 is 22.9 Å². The van der Waals surface area contributed by atoms with E-state index in [1.807, 2.05) is 24.3 Å². The third-order valence-corrected chi connectivity index (χ3v) is 3.81. The minimum atomic E-state index is 0.0581. The molecule has 18 heavy (non-hydrogen) atoms. The van der Waals surface area contributed by atoms with Gasteiger partial charge in [0.2, 0.25) is 0 Å². The van der Waals surface area contributed by atoms with Crippen LogP contribution in [-0.2, 0) is 6.42 Å². The van der Waals surface area contributed by atoms with E-state index in [1.54, 1.807) is 11.3 Å². The Morgan fingerprint density at radius 3 is 2.67 bits per heavy atom. The number of ether oxygens (including phenoxy) is 1. The first-order chi connectivity index (χ1) is 8.74. The normalized spacial score (nSPS) is 12.3. The Morgan fingerprint density at radius 1 is 1.22 bits per heavy atom. The lowest BCUT2D eigenvalue weighted by Gasteiger charge is -2.12. The van der Waals surface area contributed by atoms with Crippen LogP contribution in [0.3, 0.4) is 0 Å². The van der Waals surface area contributed by atoms with E-state index in [0.717, 1.165) is 18.6 Å². The summed E-state index contributed by atoms with van der Waals surface area (Å²) in [7, 11) is 0. The molecule has 0 saturated carbocycles. The number of hydrogen-bond acceptors (Lipinski definition) is 3. The smallest absolute Gasteiger partial charge is 0.119 e. The molecule has 1 atom stereocenters. The summed E-state index contributed by atoms with van der Waals surface area (Å²) in [5.41, 5.74) is 6.02. The van der Waals surface area contributed by atoms with Crippen LogP contribution in [-0.4, -0.2) is 12.6 Å². The summed E-state index contributed by atoms with van der Waals surface area (Å²) >= 11 is 7.57. The van der Waals surface area contributed by atoms with Crippen molar-refractivity contribution in [2.75, 3.05) is 6.61 Å². The zero-order valence-electron chi connectivity index (χ0n) is 10.0. The fourth-order valence-electron chi connectivity index (χ4n) is 1.60. The SMILES string of the molecule is NC(CCc1cccs1)COc1ccc(Cl)cc1. The Morgan fingerprint density at radius 2 is 2.00 bits per heavy atom. The lowest BCUT2D eigenvalue weighted by Crippen LogP contribution is -2.28. The molecule has 2 aromatic rings. The highest BCUT2D eigenvalue weighted by molar-refractivity contribution is 7.09. The van der Waals surface area contributed by atoms with Gasteiger partial charge in [0, 0.05) is 15.9 Å². The maximum Gasteiger partial charge on any atom is 0.119 e. The molecule has 1 unspecified atom stereocenters. The van der Waals surface area contributed by atoms with Crippen LogP contribution in [0.5, 0.6) is 5.75 Å². The monoisotopic (exact) mass is 281 g/mol. The van der Waals surface area contributed by atoms with E-state index in [4.69, 9.17) is 22.1 Å². The molecule has 2 nitrogen and oxygen atoms in total. The van der Waals surface area contributed by atoms with Crippen LogP contribution in [0.15, 0.2) is 41.8 Å². The average Bonchev–Trinajstić information content (AvgIpc) is 2.89. The van der Waals surface area contributed by atoms with Crippen molar-refractivity contribution in [2.24, 2.45) is 5.73 Å². The molecular weight excluding hydrogens is 266 g/mol. The molecule has 1 aromatic carbocycles. The van der Waals surface area contributed by atoms with Crippen molar-refractivity contribution in [1.82, 2.24) is 0 Å². The Labute approximate surface area is 116 Å².